The first-order chi connectivity index (χ1) is 7.54. The van der Waals surface area contributed by atoms with E-state index in [1.54, 1.807) is 14.0 Å². The highest BCUT2D eigenvalue weighted by Gasteiger charge is 2.11. The molecule has 0 saturated heterocycles. The van der Waals surface area contributed by atoms with Crippen molar-refractivity contribution in [2.45, 2.75) is 20.0 Å². The van der Waals surface area contributed by atoms with Gasteiger partial charge < -0.3 is 9.47 Å². The third-order valence-corrected chi connectivity index (χ3v) is 2.22. The van der Waals surface area contributed by atoms with Gasteiger partial charge in [0, 0.05) is 5.57 Å². The van der Waals surface area contributed by atoms with E-state index in [-0.39, 0.29) is 12.1 Å². The van der Waals surface area contributed by atoms with Crippen molar-refractivity contribution < 1.29 is 14.3 Å². The molecule has 0 saturated carbocycles. The van der Waals surface area contributed by atoms with Gasteiger partial charge in [-0.25, -0.2) is 4.79 Å². The molecule has 0 amide bonds. The molecule has 1 rings (SSSR count). The fourth-order valence-corrected chi connectivity index (χ4v) is 1.20. The normalized spacial score (nSPS) is 11.7. The summed E-state index contributed by atoms with van der Waals surface area (Å²) in [6, 6.07) is 7.41. The quantitative estimate of drug-likeness (QED) is 0.578. The van der Waals surface area contributed by atoms with Crippen LogP contribution < -0.4 is 4.74 Å². The van der Waals surface area contributed by atoms with E-state index in [1.807, 2.05) is 31.2 Å². The summed E-state index contributed by atoms with van der Waals surface area (Å²) < 4.78 is 10.2. The number of ether oxygens (including phenoxy) is 2. The van der Waals surface area contributed by atoms with Crippen LogP contribution in [0.15, 0.2) is 36.4 Å². The summed E-state index contributed by atoms with van der Waals surface area (Å²) in [5.41, 5.74) is 1.33. The largest absolute Gasteiger partial charge is 0.497 e. The van der Waals surface area contributed by atoms with E-state index in [4.69, 9.17) is 9.47 Å². The Labute approximate surface area is 95.7 Å². The van der Waals surface area contributed by atoms with E-state index in [9.17, 15) is 4.79 Å². The van der Waals surface area contributed by atoms with Gasteiger partial charge in [-0.05, 0) is 31.5 Å². The summed E-state index contributed by atoms with van der Waals surface area (Å²) >= 11 is 0. The lowest BCUT2D eigenvalue weighted by Crippen LogP contribution is -2.09. The van der Waals surface area contributed by atoms with Gasteiger partial charge in [-0.15, -0.1) is 0 Å². The molecule has 3 heteroatoms. The molecule has 0 aliphatic rings. The van der Waals surface area contributed by atoms with Crippen molar-refractivity contribution in [1.82, 2.24) is 0 Å². The number of hydrogen-bond donors (Lipinski definition) is 0. The van der Waals surface area contributed by atoms with Crippen molar-refractivity contribution in [2.24, 2.45) is 0 Å². The van der Waals surface area contributed by atoms with Crippen LogP contribution in [0.3, 0.4) is 0 Å². The zero-order valence-electron chi connectivity index (χ0n) is 9.82. The summed E-state index contributed by atoms with van der Waals surface area (Å²) in [4.78, 5) is 11.3. The predicted molar refractivity (Wildman–Crippen MR) is 62.3 cm³/mol. The number of esters is 1. The molecule has 0 fully saturated rings. The lowest BCUT2D eigenvalue weighted by Gasteiger charge is -2.13. The molecular weight excluding hydrogens is 204 g/mol. The average Bonchev–Trinajstić information content (AvgIpc) is 2.28. The second-order valence-corrected chi connectivity index (χ2v) is 3.60. The molecule has 0 heterocycles. The van der Waals surface area contributed by atoms with Crippen LogP contribution in [0.25, 0.3) is 0 Å². The monoisotopic (exact) mass is 220 g/mol. The topological polar surface area (TPSA) is 35.5 Å². The molecule has 1 aromatic carbocycles. The zero-order valence-corrected chi connectivity index (χ0v) is 9.82. The summed E-state index contributed by atoms with van der Waals surface area (Å²) in [7, 11) is 1.61. The number of carbonyl (C=O) groups excluding carboxylic acids is 1. The van der Waals surface area contributed by atoms with Gasteiger partial charge in [0.1, 0.15) is 11.9 Å². The van der Waals surface area contributed by atoms with Gasteiger partial charge in [-0.3, -0.25) is 0 Å². The van der Waals surface area contributed by atoms with E-state index in [0.29, 0.717) is 5.57 Å². The third-order valence-electron chi connectivity index (χ3n) is 2.22. The van der Waals surface area contributed by atoms with Gasteiger partial charge in [0.05, 0.1) is 7.11 Å². The Morgan fingerprint density at radius 3 is 2.31 bits per heavy atom. The highest BCUT2D eigenvalue weighted by atomic mass is 16.5. The summed E-state index contributed by atoms with van der Waals surface area (Å²) in [5, 5.41) is 0. The maximum absolute atomic E-state index is 11.3. The molecular formula is C13H16O3. The maximum atomic E-state index is 11.3. The highest BCUT2D eigenvalue weighted by Crippen LogP contribution is 2.20. The molecule has 0 spiro atoms. The van der Waals surface area contributed by atoms with Gasteiger partial charge in [-0.1, -0.05) is 18.7 Å². The Hall–Kier alpha value is -1.77. The van der Waals surface area contributed by atoms with Gasteiger partial charge >= 0.3 is 5.97 Å². The highest BCUT2D eigenvalue weighted by molar-refractivity contribution is 5.87. The molecule has 0 aromatic heterocycles. The molecule has 1 atom stereocenters. The first-order valence-corrected chi connectivity index (χ1v) is 5.05. The van der Waals surface area contributed by atoms with Crippen molar-refractivity contribution in [3.05, 3.63) is 42.0 Å². The van der Waals surface area contributed by atoms with Gasteiger partial charge in [0.25, 0.3) is 0 Å². The Morgan fingerprint density at radius 2 is 1.88 bits per heavy atom. The van der Waals surface area contributed by atoms with Crippen LogP contribution >= 0.6 is 0 Å². The smallest absolute Gasteiger partial charge is 0.333 e. The number of methoxy groups -OCH3 is 1. The van der Waals surface area contributed by atoms with Crippen LogP contribution in [-0.2, 0) is 9.53 Å². The minimum absolute atomic E-state index is 0.282. The predicted octanol–water partition coefficient (Wildman–Crippen LogP) is 2.88. The Morgan fingerprint density at radius 1 is 1.31 bits per heavy atom. The van der Waals surface area contributed by atoms with Crippen molar-refractivity contribution in [3.8, 4) is 5.75 Å². The minimum atomic E-state index is -0.372. The van der Waals surface area contributed by atoms with Gasteiger partial charge in [-0.2, -0.15) is 0 Å². The number of benzene rings is 1. The second kappa shape index (κ2) is 5.35. The fourth-order valence-electron chi connectivity index (χ4n) is 1.20. The minimum Gasteiger partial charge on any atom is -0.497 e. The molecule has 0 N–H and O–H groups in total. The number of hydrogen-bond acceptors (Lipinski definition) is 3. The molecule has 0 aliphatic heterocycles. The zero-order chi connectivity index (χ0) is 12.1. The van der Waals surface area contributed by atoms with Crippen LogP contribution in [0.4, 0.5) is 0 Å². The number of rotatable bonds is 4. The molecule has 1 aromatic rings. The molecule has 3 nitrogen and oxygen atoms in total. The lowest BCUT2D eigenvalue weighted by atomic mass is 10.1. The van der Waals surface area contributed by atoms with Crippen LogP contribution in [0.5, 0.6) is 5.75 Å². The first-order valence-electron chi connectivity index (χ1n) is 5.05. The standard InChI is InChI=1S/C13H16O3/c1-9(2)13(14)16-10(3)11-5-7-12(15-4)8-6-11/h5-8,10H,1H2,2-4H3/t10-/m0/s1. The average molecular weight is 220 g/mol. The van der Waals surface area contributed by atoms with Crippen molar-refractivity contribution in [3.63, 3.8) is 0 Å². The molecule has 0 bridgehead atoms. The molecule has 0 radical (unpaired) electrons. The van der Waals surface area contributed by atoms with Crippen molar-refractivity contribution in [2.75, 3.05) is 7.11 Å². The SMILES string of the molecule is C=C(C)C(=O)O[C@@H](C)c1ccc(OC)cc1. The summed E-state index contributed by atoms with van der Waals surface area (Å²) in [6.07, 6.45) is -0.282. The van der Waals surface area contributed by atoms with Crippen LogP contribution in [0, 0.1) is 0 Å². The van der Waals surface area contributed by atoms with Gasteiger partial charge in [0.15, 0.2) is 0 Å². The van der Waals surface area contributed by atoms with E-state index < -0.39 is 0 Å². The molecule has 16 heavy (non-hydrogen) atoms. The molecule has 86 valence electrons. The van der Waals surface area contributed by atoms with E-state index in [0.717, 1.165) is 11.3 Å². The maximum Gasteiger partial charge on any atom is 0.333 e. The summed E-state index contributed by atoms with van der Waals surface area (Å²) in [5.74, 6) is 0.408. The van der Waals surface area contributed by atoms with Crippen molar-refractivity contribution in [1.29, 1.82) is 0 Å². The number of carbonyl (C=O) groups is 1. The molecule has 0 unspecified atom stereocenters. The molecule has 0 aliphatic carbocycles. The fraction of sp³-hybridized carbons (Fsp3) is 0.308. The second-order valence-electron chi connectivity index (χ2n) is 3.60. The third kappa shape index (κ3) is 3.12. The van der Waals surface area contributed by atoms with Gasteiger partial charge in [0.2, 0.25) is 0 Å². The van der Waals surface area contributed by atoms with Crippen molar-refractivity contribution >= 4 is 5.97 Å². The van der Waals surface area contributed by atoms with E-state index in [1.165, 1.54) is 0 Å². The first kappa shape index (κ1) is 12.3. The van der Waals surface area contributed by atoms with E-state index in [2.05, 4.69) is 6.58 Å². The lowest BCUT2D eigenvalue weighted by molar-refractivity contribution is -0.143. The van der Waals surface area contributed by atoms with Crippen LogP contribution in [0.1, 0.15) is 25.5 Å². The Balaban J connectivity index is 2.69. The summed E-state index contributed by atoms with van der Waals surface area (Å²) in [6.45, 7) is 6.98. The van der Waals surface area contributed by atoms with E-state index >= 15 is 0 Å². The van der Waals surface area contributed by atoms with Crippen LogP contribution in [-0.4, -0.2) is 13.1 Å². The van der Waals surface area contributed by atoms with Crippen LogP contribution in [0.2, 0.25) is 0 Å². The Kier molecular flexibility index (Phi) is 4.11. The Bertz CT molecular complexity index is 379.